The van der Waals surface area contributed by atoms with Crippen LogP contribution in [0.2, 0.25) is 0 Å². The van der Waals surface area contributed by atoms with Crippen molar-refractivity contribution in [2.75, 3.05) is 20.2 Å². The van der Waals surface area contributed by atoms with Gasteiger partial charge in [0.15, 0.2) is 0 Å². The Hall–Kier alpha value is -3.08. The van der Waals surface area contributed by atoms with E-state index >= 15 is 0 Å². The molecular formula is C24H28N2O3. The molecule has 2 aromatic carbocycles. The number of amides is 2. The zero-order chi connectivity index (χ0) is 20.7. The van der Waals surface area contributed by atoms with Crippen molar-refractivity contribution in [1.29, 1.82) is 0 Å². The molecule has 1 N–H and O–H groups in total. The van der Waals surface area contributed by atoms with Crippen LogP contribution in [-0.2, 0) is 21.5 Å². The zero-order valence-corrected chi connectivity index (χ0v) is 17.1. The van der Waals surface area contributed by atoms with Crippen molar-refractivity contribution in [2.45, 2.75) is 31.7 Å². The molecule has 0 aliphatic carbocycles. The van der Waals surface area contributed by atoms with Gasteiger partial charge in [-0.1, -0.05) is 54.6 Å². The van der Waals surface area contributed by atoms with Gasteiger partial charge in [0.1, 0.15) is 5.75 Å². The molecule has 5 nitrogen and oxygen atoms in total. The van der Waals surface area contributed by atoms with E-state index in [1.54, 1.807) is 19.3 Å². The van der Waals surface area contributed by atoms with Crippen LogP contribution in [0.4, 0.5) is 0 Å². The van der Waals surface area contributed by atoms with E-state index in [0.29, 0.717) is 32.5 Å². The molecule has 1 aliphatic rings. The Morgan fingerprint density at radius 2 is 1.72 bits per heavy atom. The van der Waals surface area contributed by atoms with Crippen LogP contribution in [0.1, 0.15) is 30.9 Å². The number of piperidine rings is 1. The highest BCUT2D eigenvalue weighted by Gasteiger charge is 2.43. The smallest absolute Gasteiger partial charge is 0.246 e. The van der Waals surface area contributed by atoms with Gasteiger partial charge in [0.25, 0.3) is 0 Å². The van der Waals surface area contributed by atoms with Crippen molar-refractivity contribution >= 4 is 11.8 Å². The number of allylic oxidation sites excluding steroid dienone is 1. The minimum absolute atomic E-state index is 0.00333. The van der Waals surface area contributed by atoms with Gasteiger partial charge in [-0.25, -0.2) is 0 Å². The Balaban J connectivity index is 1.80. The fourth-order valence-electron chi connectivity index (χ4n) is 3.95. The Morgan fingerprint density at radius 3 is 2.38 bits per heavy atom. The minimum atomic E-state index is -0.643. The number of carbonyl (C=O) groups is 2. The molecule has 0 bridgehead atoms. The second kappa shape index (κ2) is 9.41. The van der Waals surface area contributed by atoms with E-state index in [2.05, 4.69) is 5.32 Å². The van der Waals surface area contributed by atoms with Crippen molar-refractivity contribution in [3.8, 4) is 5.75 Å². The average Bonchev–Trinajstić information content (AvgIpc) is 2.78. The number of hydrogen-bond donors (Lipinski definition) is 1. The standard InChI is InChI=1S/C24H28N2O3/c1-3-9-22(27)26-16-14-24(15-17-26,20-11-5-4-6-12-20)23(28)25-18-19-10-7-8-13-21(19)29-2/h3-13H,14-18H2,1-2H3,(H,25,28). The van der Waals surface area contributed by atoms with E-state index in [1.165, 1.54) is 0 Å². The van der Waals surface area contributed by atoms with Crippen LogP contribution < -0.4 is 10.1 Å². The van der Waals surface area contributed by atoms with Crippen molar-refractivity contribution in [2.24, 2.45) is 0 Å². The third-order valence-corrected chi connectivity index (χ3v) is 5.63. The monoisotopic (exact) mass is 392 g/mol. The van der Waals surface area contributed by atoms with Gasteiger partial charge in [-0.3, -0.25) is 9.59 Å². The molecule has 2 amide bonds. The van der Waals surface area contributed by atoms with E-state index in [1.807, 2.05) is 66.4 Å². The Kier molecular flexibility index (Phi) is 6.70. The first-order chi connectivity index (χ1) is 14.1. The van der Waals surface area contributed by atoms with Crippen molar-refractivity contribution < 1.29 is 14.3 Å². The maximum atomic E-state index is 13.4. The Bertz CT molecular complexity index is 869. The molecular weight excluding hydrogens is 364 g/mol. The minimum Gasteiger partial charge on any atom is -0.496 e. The van der Waals surface area contributed by atoms with E-state index in [-0.39, 0.29) is 11.8 Å². The van der Waals surface area contributed by atoms with Crippen LogP contribution in [0.15, 0.2) is 66.7 Å². The second-order valence-corrected chi connectivity index (χ2v) is 7.27. The van der Waals surface area contributed by atoms with Gasteiger partial charge in [0.05, 0.1) is 12.5 Å². The average molecular weight is 392 g/mol. The number of carbonyl (C=O) groups excluding carboxylic acids is 2. The number of nitrogens with one attached hydrogen (secondary N) is 1. The van der Waals surface area contributed by atoms with Crippen LogP contribution in [0.3, 0.4) is 0 Å². The zero-order valence-electron chi connectivity index (χ0n) is 17.1. The van der Waals surface area contributed by atoms with Gasteiger partial charge < -0.3 is 15.0 Å². The normalized spacial score (nSPS) is 15.9. The molecule has 0 aromatic heterocycles. The van der Waals surface area contributed by atoms with Crippen LogP contribution in [0.5, 0.6) is 5.75 Å². The summed E-state index contributed by atoms with van der Waals surface area (Å²) in [4.78, 5) is 27.5. The molecule has 29 heavy (non-hydrogen) atoms. The first kappa shape index (κ1) is 20.6. The van der Waals surface area contributed by atoms with Gasteiger partial charge >= 0.3 is 0 Å². The highest BCUT2D eigenvalue weighted by Crippen LogP contribution is 2.36. The number of hydrogen-bond acceptors (Lipinski definition) is 3. The molecule has 1 heterocycles. The van der Waals surface area contributed by atoms with Gasteiger partial charge in [-0.2, -0.15) is 0 Å². The van der Waals surface area contributed by atoms with Crippen LogP contribution in [0, 0.1) is 0 Å². The summed E-state index contributed by atoms with van der Waals surface area (Å²) in [6, 6.07) is 17.6. The summed E-state index contributed by atoms with van der Waals surface area (Å²) in [5.74, 6) is 0.754. The molecule has 2 aromatic rings. The van der Waals surface area contributed by atoms with E-state index < -0.39 is 5.41 Å². The lowest BCUT2D eigenvalue weighted by molar-refractivity contribution is -0.134. The van der Waals surface area contributed by atoms with Crippen molar-refractivity contribution in [3.05, 3.63) is 77.9 Å². The summed E-state index contributed by atoms with van der Waals surface area (Å²) >= 11 is 0. The van der Waals surface area contributed by atoms with E-state index in [4.69, 9.17) is 4.74 Å². The summed E-state index contributed by atoms with van der Waals surface area (Å²) in [5, 5.41) is 3.12. The van der Waals surface area contributed by atoms with Crippen LogP contribution in [-0.4, -0.2) is 36.9 Å². The molecule has 0 atom stereocenters. The van der Waals surface area contributed by atoms with E-state index in [0.717, 1.165) is 16.9 Å². The Labute approximate surface area is 172 Å². The molecule has 5 heteroatoms. The van der Waals surface area contributed by atoms with Gasteiger partial charge in [-0.15, -0.1) is 0 Å². The fourth-order valence-corrected chi connectivity index (χ4v) is 3.95. The Morgan fingerprint density at radius 1 is 1.07 bits per heavy atom. The number of benzene rings is 2. The van der Waals surface area contributed by atoms with Crippen molar-refractivity contribution in [1.82, 2.24) is 10.2 Å². The SMILES string of the molecule is CC=CC(=O)N1CCC(C(=O)NCc2ccccc2OC)(c2ccccc2)CC1. The fraction of sp³-hybridized carbons (Fsp3) is 0.333. The molecule has 1 aliphatic heterocycles. The lowest BCUT2D eigenvalue weighted by atomic mass is 9.72. The first-order valence-electron chi connectivity index (χ1n) is 9.98. The summed E-state index contributed by atoms with van der Waals surface area (Å²) in [6.07, 6.45) is 4.52. The lowest BCUT2D eigenvalue weighted by Gasteiger charge is -2.40. The highest BCUT2D eigenvalue weighted by atomic mass is 16.5. The molecule has 3 rings (SSSR count). The summed E-state index contributed by atoms with van der Waals surface area (Å²) in [6.45, 7) is 3.35. The highest BCUT2D eigenvalue weighted by molar-refractivity contribution is 5.90. The molecule has 0 unspecified atom stereocenters. The number of rotatable bonds is 6. The molecule has 0 spiro atoms. The quantitative estimate of drug-likeness (QED) is 0.766. The van der Waals surface area contributed by atoms with Gasteiger partial charge in [0.2, 0.25) is 11.8 Å². The predicted octanol–water partition coefficient (Wildman–Crippen LogP) is 3.45. The van der Waals surface area contributed by atoms with Crippen LogP contribution >= 0.6 is 0 Å². The molecule has 0 radical (unpaired) electrons. The summed E-state index contributed by atoms with van der Waals surface area (Å²) in [7, 11) is 1.63. The first-order valence-corrected chi connectivity index (χ1v) is 9.98. The number of likely N-dealkylation sites (tertiary alicyclic amines) is 1. The third kappa shape index (κ3) is 4.50. The molecule has 152 valence electrons. The number of nitrogens with zero attached hydrogens (tertiary/aromatic N) is 1. The molecule has 1 fully saturated rings. The van der Waals surface area contributed by atoms with Gasteiger partial charge in [0, 0.05) is 25.2 Å². The number of para-hydroxylation sites is 1. The maximum Gasteiger partial charge on any atom is 0.246 e. The van der Waals surface area contributed by atoms with Crippen LogP contribution in [0.25, 0.3) is 0 Å². The number of ether oxygens (including phenoxy) is 1. The third-order valence-electron chi connectivity index (χ3n) is 5.63. The topological polar surface area (TPSA) is 58.6 Å². The molecule has 0 saturated carbocycles. The number of methoxy groups -OCH3 is 1. The van der Waals surface area contributed by atoms with Gasteiger partial charge in [-0.05, 0) is 37.5 Å². The molecule has 1 saturated heterocycles. The van der Waals surface area contributed by atoms with E-state index in [9.17, 15) is 9.59 Å². The summed E-state index contributed by atoms with van der Waals surface area (Å²) in [5.41, 5.74) is 1.29. The van der Waals surface area contributed by atoms with Crippen molar-refractivity contribution in [3.63, 3.8) is 0 Å². The summed E-state index contributed by atoms with van der Waals surface area (Å²) < 4.78 is 5.39. The largest absolute Gasteiger partial charge is 0.496 e. The predicted molar refractivity (Wildman–Crippen MR) is 114 cm³/mol. The second-order valence-electron chi connectivity index (χ2n) is 7.27. The maximum absolute atomic E-state index is 13.4. The lowest BCUT2D eigenvalue weighted by Crippen LogP contribution is -2.52.